The van der Waals surface area contributed by atoms with Gasteiger partial charge in [0.05, 0.1) is 11.8 Å². The summed E-state index contributed by atoms with van der Waals surface area (Å²) in [7, 11) is 1.74. The second-order valence-electron chi connectivity index (χ2n) is 8.48. The number of aryl methyl sites for hydroxylation is 1. The van der Waals surface area contributed by atoms with Gasteiger partial charge in [0, 0.05) is 57.4 Å². The molecule has 3 rings (SSSR count). The SMILES string of the molecule is CO[C@H](c1ccc(N2CCCCCCC2=O)cc1)[C@H](C)/C=C/CCn1cc(CCO)nn1. The van der Waals surface area contributed by atoms with Gasteiger partial charge in [0.25, 0.3) is 0 Å². The van der Waals surface area contributed by atoms with Crippen molar-refractivity contribution in [2.24, 2.45) is 5.92 Å². The van der Waals surface area contributed by atoms with Crippen molar-refractivity contribution >= 4 is 11.6 Å². The van der Waals surface area contributed by atoms with Crippen LogP contribution in [0.4, 0.5) is 5.69 Å². The fourth-order valence-corrected chi connectivity index (χ4v) is 4.23. The molecule has 0 radical (unpaired) electrons. The molecule has 1 aliphatic rings. The van der Waals surface area contributed by atoms with Gasteiger partial charge in [-0.05, 0) is 37.0 Å². The Hall–Kier alpha value is -2.51. The highest BCUT2D eigenvalue weighted by molar-refractivity contribution is 5.93. The molecule has 1 aromatic carbocycles. The highest BCUT2D eigenvalue weighted by Crippen LogP contribution is 2.29. The van der Waals surface area contributed by atoms with Crippen molar-refractivity contribution in [1.29, 1.82) is 0 Å². The molecule has 2 atom stereocenters. The third-order valence-electron chi connectivity index (χ3n) is 6.01. The number of nitrogens with zero attached hydrogens (tertiary/aromatic N) is 4. The predicted octanol–water partition coefficient (Wildman–Crippen LogP) is 4.08. The van der Waals surface area contributed by atoms with Crippen LogP contribution in [-0.2, 0) is 22.5 Å². The average molecular weight is 441 g/mol. The van der Waals surface area contributed by atoms with Gasteiger partial charge in [-0.3, -0.25) is 9.48 Å². The molecule has 7 nitrogen and oxygen atoms in total. The molecule has 2 aromatic rings. The second-order valence-corrected chi connectivity index (χ2v) is 8.48. The molecular formula is C25H36N4O3. The lowest BCUT2D eigenvalue weighted by Gasteiger charge is -2.26. The van der Waals surface area contributed by atoms with Gasteiger partial charge in [-0.2, -0.15) is 0 Å². The quantitative estimate of drug-likeness (QED) is 0.563. The predicted molar refractivity (Wildman–Crippen MR) is 125 cm³/mol. The molecule has 0 spiro atoms. The number of allylic oxidation sites excluding steroid dienone is 1. The monoisotopic (exact) mass is 440 g/mol. The Labute approximate surface area is 191 Å². The molecule has 32 heavy (non-hydrogen) atoms. The summed E-state index contributed by atoms with van der Waals surface area (Å²) in [6.07, 6.45) is 12.6. The molecule has 2 heterocycles. The van der Waals surface area contributed by atoms with Crippen LogP contribution in [0.25, 0.3) is 0 Å². The van der Waals surface area contributed by atoms with Crippen molar-refractivity contribution in [3.63, 3.8) is 0 Å². The normalized spacial score (nSPS) is 17.3. The van der Waals surface area contributed by atoms with Gasteiger partial charge in [-0.25, -0.2) is 0 Å². The lowest BCUT2D eigenvalue weighted by Crippen LogP contribution is -2.32. The van der Waals surface area contributed by atoms with E-state index in [1.165, 1.54) is 6.42 Å². The molecule has 0 saturated carbocycles. The first-order valence-corrected chi connectivity index (χ1v) is 11.7. The average Bonchev–Trinajstić information content (AvgIpc) is 3.23. The summed E-state index contributed by atoms with van der Waals surface area (Å²) in [5, 5.41) is 17.1. The molecular weight excluding hydrogens is 404 g/mol. The molecule has 1 fully saturated rings. The van der Waals surface area contributed by atoms with Gasteiger partial charge in [-0.1, -0.05) is 49.3 Å². The van der Waals surface area contributed by atoms with Gasteiger partial charge in [0.2, 0.25) is 5.91 Å². The lowest BCUT2D eigenvalue weighted by atomic mass is 9.96. The first kappa shape index (κ1) is 24.1. The van der Waals surface area contributed by atoms with Gasteiger partial charge in [-0.15, -0.1) is 5.10 Å². The Morgan fingerprint density at radius 1 is 1.19 bits per heavy atom. The van der Waals surface area contributed by atoms with Crippen molar-refractivity contribution in [2.75, 3.05) is 25.2 Å². The van der Waals surface area contributed by atoms with Crippen molar-refractivity contribution in [3.8, 4) is 0 Å². The zero-order valence-electron chi connectivity index (χ0n) is 19.3. The van der Waals surface area contributed by atoms with Crippen LogP contribution in [-0.4, -0.2) is 46.3 Å². The third kappa shape index (κ3) is 6.74. The zero-order chi connectivity index (χ0) is 22.8. The van der Waals surface area contributed by atoms with Crippen molar-refractivity contribution in [1.82, 2.24) is 15.0 Å². The number of anilines is 1. The minimum atomic E-state index is -0.0501. The molecule has 0 unspecified atom stereocenters. The Kier molecular flexibility index (Phi) is 9.43. The van der Waals surface area contributed by atoms with E-state index in [0.29, 0.717) is 12.8 Å². The van der Waals surface area contributed by atoms with Gasteiger partial charge < -0.3 is 14.7 Å². The van der Waals surface area contributed by atoms with E-state index in [9.17, 15) is 4.79 Å². The highest BCUT2D eigenvalue weighted by atomic mass is 16.5. The maximum absolute atomic E-state index is 12.5. The summed E-state index contributed by atoms with van der Waals surface area (Å²) in [6.45, 7) is 3.79. The summed E-state index contributed by atoms with van der Waals surface area (Å²) >= 11 is 0. The van der Waals surface area contributed by atoms with Crippen molar-refractivity contribution in [2.45, 2.75) is 64.5 Å². The summed E-state index contributed by atoms with van der Waals surface area (Å²) < 4.78 is 7.61. The molecule has 1 aliphatic heterocycles. The molecule has 174 valence electrons. The van der Waals surface area contributed by atoms with Crippen LogP contribution in [0.5, 0.6) is 0 Å². The second kappa shape index (κ2) is 12.5. The fraction of sp³-hybridized carbons (Fsp3) is 0.560. The van der Waals surface area contributed by atoms with Crippen molar-refractivity contribution < 1.29 is 14.6 Å². The first-order chi connectivity index (χ1) is 15.6. The Morgan fingerprint density at radius 2 is 1.97 bits per heavy atom. The number of hydrogen-bond acceptors (Lipinski definition) is 5. The van der Waals surface area contributed by atoms with Crippen LogP contribution in [0.3, 0.4) is 0 Å². The van der Waals surface area contributed by atoms with Gasteiger partial charge >= 0.3 is 0 Å². The largest absolute Gasteiger partial charge is 0.396 e. The minimum absolute atomic E-state index is 0.0501. The number of amides is 1. The number of carbonyl (C=O) groups is 1. The van der Waals surface area contributed by atoms with E-state index in [0.717, 1.165) is 55.7 Å². The Bertz CT molecular complexity index is 862. The molecule has 1 saturated heterocycles. The topological polar surface area (TPSA) is 80.5 Å². The third-order valence-corrected chi connectivity index (χ3v) is 6.01. The minimum Gasteiger partial charge on any atom is -0.396 e. The number of methoxy groups -OCH3 is 1. The standard InChI is InChI=1S/C25H36N4O3/c1-20(9-6-8-16-28-19-22(15-18-30)26-27-28)25(32-2)21-11-13-23(14-12-21)29-17-7-4-3-5-10-24(29)31/h6,9,11-14,19-20,25,30H,3-5,7-8,10,15-18H2,1-2H3/b9-6+/t20-,25+/m1/s1. The van der Waals surface area contributed by atoms with E-state index >= 15 is 0 Å². The number of hydrogen-bond donors (Lipinski definition) is 1. The molecule has 1 N–H and O–H groups in total. The number of ether oxygens (including phenoxy) is 1. The number of rotatable bonds is 10. The van der Waals surface area contributed by atoms with Crippen LogP contribution < -0.4 is 4.90 Å². The van der Waals surface area contributed by atoms with Gasteiger partial charge in [0.15, 0.2) is 0 Å². The number of carbonyl (C=O) groups excluding carboxylic acids is 1. The lowest BCUT2D eigenvalue weighted by molar-refractivity contribution is -0.118. The Balaban J connectivity index is 1.56. The van der Waals surface area contributed by atoms with E-state index in [2.05, 4.69) is 41.5 Å². The molecule has 1 aromatic heterocycles. The summed E-state index contributed by atoms with van der Waals surface area (Å²) in [5.74, 6) is 0.433. The maximum Gasteiger partial charge on any atom is 0.226 e. The van der Waals surface area contributed by atoms with Crippen LogP contribution in [0, 0.1) is 5.92 Å². The smallest absolute Gasteiger partial charge is 0.226 e. The Morgan fingerprint density at radius 3 is 2.72 bits per heavy atom. The number of aromatic nitrogens is 3. The van der Waals surface area contributed by atoms with Crippen LogP contribution in [0.15, 0.2) is 42.6 Å². The molecule has 0 aliphatic carbocycles. The van der Waals surface area contributed by atoms with E-state index < -0.39 is 0 Å². The van der Waals surface area contributed by atoms with E-state index in [-0.39, 0.29) is 24.5 Å². The highest BCUT2D eigenvalue weighted by Gasteiger charge is 2.20. The van der Waals surface area contributed by atoms with E-state index in [4.69, 9.17) is 9.84 Å². The summed E-state index contributed by atoms with van der Waals surface area (Å²) in [5.41, 5.74) is 2.90. The molecule has 0 bridgehead atoms. The summed E-state index contributed by atoms with van der Waals surface area (Å²) in [4.78, 5) is 14.4. The number of aliphatic hydroxyl groups excluding tert-OH is 1. The molecule has 1 amide bonds. The fourth-order valence-electron chi connectivity index (χ4n) is 4.23. The van der Waals surface area contributed by atoms with Crippen LogP contribution in [0.1, 0.15) is 62.8 Å². The van der Waals surface area contributed by atoms with Crippen molar-refractivity contribution in [3.05, 3.63) is 53.9 Å². The van der Waals surface area contributed by atoms with E-state index in [1.807, 2.05) is 23.2 Å². The number of aliphatic hydroxyl groups is 1. The van der Waals surface area contributed by atoms with Gasteiger partial charge in [0.1, 0.15) is 0 Å². The summed E-state index contributed by atoms with van der Waals surface area (Å²) in [6, 6.07) is 8.26. The zero-order valence-corrected chi connectivity index (χ0v) is 19.3. The number of benzene rings is 1. The first-order valence-electron chi connectivity index (χ1n) is 11.7. The van der Waals surface area contributed by atoms with Crippen LogP contribution in [0.2, 0.25) is 0 Å². The maximum atomic E-state index is 12.5. The molecule has 7 heteroatoms. The van der Waals surface area contributed by atoms with E-state index in [1.54, 1.807) is 11.8 Å². The van der Waals surface area contributed by atoms with Crippen LogP contribution >= 0.6 is 0 Å².